The van der Waals surface area contributed by atoms with E-state index in [9.17, 15) is 4.79 Å². The number of methoxy groups -OCH3 is 1. The van der Waals surface area contributed by atoms with Gasteiger partial charge in [-0.15, -0.1) is 0 Å². The number of para-hydroxylation sites is 2. The Balaban J connectivity index is 2.25. The zero-order chi connectivity index (χ0) is 15.2. The molecule has 2 aromatic rings. The molecule has 0 radical (unpaired) electrons. The number of aromatic nitrogens is 2. The topological polar surface area (TPSA) is 64.1 Å². The number of benzene rings is 1. The van der Waals surface area contributed by atoms with Crippen LogP contribution in [0.25, 0.3) is 0 Å². The highest BCUT2D eigenvalue weighted by Gasteiger charge is 2.16. The van der Waals surface area contributed by atoms with E-state index in [1.54, 1.807) is 25.3 Å². The lowest BCUT2D eigenvalue weighted by atomic mass is 10.2. The maximum absolute atomic E-state index is 12.3. The van der Waals surface area contributed by atoms with Crippen LogP contribution in [-0.2, 0) is 0 Å². The van der Waals surface area contributed by atoms with Crippen LogP contribution in [0.3, 0.4) is 0 Å². The number of amides is 1. The molecule has 1 aromatic carbocycles. The summed E-state index contributed by atoms with van der Waals surface area (Å²) in [4.78, 5) is 20.6. The van der Waals surface area contributed by atoms with Crippen LogP contribution in [0.4, 0.5) is 5.69 Å². The minimum Gasteiger partial charge on any atom is -0.495 e. The molecular weight excluding hydrogens is 310 g/mol. The van der Waals surface area contributed by atoms with E-state index in [0.717, 1.165) is 5.75 Å². The fourth-order valence-corrected chi connectivity index (χ4v) is 2.36. The van der Waals surface area contributed by atoms with Crippen molar-refractivity contribution in [3.05, 3.63) is 41.2 Å². The normalized spacial score (nSPS) is 10.2. The minimum atomic E-state index is -0.398. The number of nitrogens with zero attached hydrogens (tertiary/aromatic N) is 2. The standard InChI is InChI=1S/C14H14ClN3O2S/c1-3-21-14-16-8-9(15)12(18-14)13(19)17-10-6-4-5-7-11(10)20-2/h4-8H,3H2,1-2H3,(H,17,19). The minimum absolute atomic E-state index is 0.147. The van der Waals surface area contributed by atoms with E-state index in [4.69, 9.17) is 16.3 Å². The molecule has 0 atom stereocenters. The zero-order valence-corrected chi connectivity index (χ0v) is 13.2. The summed E-state index contributed by atoms with van der Waals surface area (Å²) in [5, 5.41) is 3.47. The van der Waals surface area contributed by atoms with Gasteiger partial charge in [-0.1, -0.05) is 42.4 Å². The summed E-state index contributed by atoms with van der Waals surface area (Å²) in [5.74, 6) is 0.985. The third kappa shape index (κ3) is 3.86. The number of nitrogens with one attached hydrogen (secondary N) is 1. The molecule has 1 aromatic heterocycles. The van der Waals surface area contributed by atoms with Gasteiger partial charge < -0.3 is 10.1 Å². The first-order valence-electron chi connectivity index (χ1n) is 6.25. The fraction of sp³-hybridized carbons (Fsp3) is 0.214. The molecule has 1 heterocycles. The van der Waals surface area contributed by atoms with E-state index in [0.29, 0.717) is 16.6 Å². The van der Waals surface area contributed by atoms with Gasteiger partial charge in [-0.05, 0) is 17.9 Å². The molecule has 7 heteroatoms. The number of carbonyl (C=O) groups excluding carboxylic acids is 1. The van der Waals surface area contributed by atoms with E-state index in [-0.39, 0.29) is 10.7 Å². The highest BCUT2D eigenvalue weighted by atomic mass is 35.5. The number of hydrogen-bond acceptors (Lipinski definition) is 5. The fourth-order valence-electron chi connectivity index (χ4n) is 1.64. The second-order valence-electron chi connectivity index (χ2n) is 3.94. The van der Waals surface area contributed by atoms with E-state index in [1.807, 2.05) is 13.0 Å². The third-order valence-electron chi connectivity index (χ3n) is 2.57. The smallest absolute Gasteiger partial charge is 0.276 e. The highest BCUT2D eigenvalue weighted by Crippen LogP contribution is 2.25. The molecule has 0 aliphatic carbocycles. The summed E-state index contributed by atoms with van der Waals surface area (Å²) in [5.41, 5.74) is 0.706. The molecule has 1 N–H and O–H groups in total. The van der Waals surface area contributed by atoms with Crippen LogP contribution in [0.2, 0.25) is 5.02 Å². The SMILES string of the molecule is CCSc1ncc(Cl)c(C(=O)Nc2ccccc2OC)n1. The third-order valence-corrected chi connectivity index (χ3v) is 3.59. The van der Waals surface area contributed by atoms with Gasteiger partial charge in [-0.25, -0.2) is 9.97 Å². The summed E-state index contributed by atoms with van der Waals surface area (Å²) in [7, 11) is 1.54. The molecule has 0 saturated carbocycles. The van der Waals surface area contributed by atoms with Crippen molar-refractivity contribution >= 4 is 35.0 Å². The lowest BCUT2D eigenvalue weighted by Crippen LogP contribution is -2.15. The second-order valence-corrected chi connectivity index (χ2v) is 5.57. The number of ether oxygens (including phenoxy) is 1. The number of rotatable bonds is 5. The average Bonchev–Trinajstić information content (AvgIpc) is 2.50. The van der Waals surface area contributed by atoms with Crippen molar-refractivity contribution in [1.82, 2.24) is 9.97 Å². The second kappa shape index (κ2) is 7.28. The van der Waals surface area contributed by atoms with Crippen molar-refractivity contribution in [1.29, 1.82) is 0 Å². The van der Waals surface area contributed by atoms with Crippen LogP contribution in [-0.4, -0.2) is 28.7 Å². The van der Waals surface area contributed by atoms with Gasteiger partial charge in [0.1, 0.15) is 5.75 Å². The molecule has 0 fully saturated rings. The van der Waals surface area contributed by atoms with E-state index >= 15 is 0 Å². The number of carbonyl (C=O) groups is 1. The Labute approximate surface area is 132 Å². The molecule has 2 rings (SSSR count). The van der Waals surface area contributed by atoms with Gasteiger partial charge in [0.25, 0.3) is 5.91 Å². The first-order valence-corrected chi connectivity index (χ1v) is 7.61. The Morgan fingerprint density at radius 1 is 1.43 bits per heavy atom. The summed E-state index contributed by atoms with van der Waals surface area (Å²) in [6.07, 6.45) is 1.43. The molecule has 0 bridgehead atoms. The number of hydrogen-bond donors (Lipinski definition) is 1. The Morgan fingerprint density at radius 2 is 2.19 bits per heavy atom. The molecule has 0 aliphatic rings. The van der Waals surface area contributed by atoms with Gasteiger partial charge in [0, 0.05) is 0 Å². The Kier molecular flexibility index (Phi) is 5.41. The highest BCUT2D eigenvalue weighted by molar-refractivity contribution is 7.99. The van der Waals surface area contributed by atoms with E-state index in [1.165, 1.54) is 18.0 Å². The Morgan fingerprint density at radius 3 is 2.90 bits per heavy atom. The van der Waals surface area contributed by atoms with Crippen molar-refractivity contribution in [3.63, 3.8) is 0 Å². The van der Waals surface area contributed by atoms with Gasteiger partial charge >= 0.3 is 0 Å². The predicted molar refractivity (Wildman–Crippen MR) is 84.4 cm³/mol. The molecule has 21 heavy (non-hydrogen) atoms. The number of halogens is 1. The quantitative estimate of drug-likeness (QED) is 0.674. The summed E-state index contributed by atoms with van der Waals surface area (Å²) >= 11 is 7.45. The van der Waals surface area contributed by atoms with Crippen LogP contribution in [0, 0.1) is 0 Å². The zero-order valence-electron chi connectivity index (χ0n) is 11.6. The van der Waals surface area contributed by atoms with Crippen LogP contribution >= 0.6 is 23.4 Å². The van der Waals surface area contributed by atoms with Crippen LogP contribution < -0.4 is 10.1 Å². The van der Waals surface area contributed by atoms with Gasteiger partial charge in [0.15, 0.2) is 10.9 Å². The van der Waals surface area contributed by atoms with Gasteiger partial charge in [-0.3, -0.25) is 4.79 Å². The maximum atomic E-state index is 12.3. The molecule has 0 unspecified atom stereocenters. The average molecular weight is 324 g/mol. The molecule has 0 spiro atoms. The maximum Gasteiger partial charge on any atom is 0.276 e. The monoisotopic (exact) mass is 323 g/mol. The van der Waals surface area contributed by atoms with Crippen LogP contribution in [0.1, 0.15) is 17.4 Å². The molecule has 5 nitrogen and oxygen atoms in total. The van der Waals surface area contributed by atoms with Crippen molar-refractivity contribution < 1.29 is 9.53 Å². The predicted octanol–water partition coefficient (Wildman–Crippen LogP) is 3.50. The molecule has 1 amide bonds. The lowest BCUT2D eigenvalue weighted by molar-refractivity contribution is 0.102. The number of thioether (sulfide) groups is 1. The van der Waals surface area contributed by atoms with Crippen LogP contribution in [0.15, 0.2) is 35.6 Å². The first-order chi connectivity index (χ1) is 10.2. The van der Waals surface area contributed by atoms with Crippen molar-refractivity contribution in [3.8, 4) is 5.75 Å². The molecule has 110 valence electrons. The van der Waals surface area contributed by atoms with Gasteiger partial charge in [0.2, 0.25) is 0 Å². The Hall–Kier alpha value is -1.79. The first kappa shape index (κ1) is 15.6. The summed E-state index contributed by atoms with van der Waals surface area (Å²) in [6.45, 7) is 1.98. The van der Waals surface area contributed by atoms with Gasteiger partial charge in [-0.2, -0.15) is 0 Å². The lowest BCUT2D eigenvalue weighted by Gasteiger charge is -2.10. The van der Waals surface area contributed by atoms with E-state index < -0.39 is 5.91 Å². The van der Waals surface area contributed by atoms with Crippen molar-refractivity contribution in [2.75, 3.05) is 18.2 Å². The van der Waals surface area contributed by atoms with Crippen molar-refractivity contribution in [2.24, 2.45) is 0 Å². The largest absolute Gasteiger partial charge is 0.495 e. The van der Waals surface area contributed by atoms with Crippen molar-refractivity contribution in [2.45, 2.75) is 12.1 Å². The molecule has 0 aliphatic heterocycles. The molecular formula is C14H14ClN3O2S. The summed E-state index contributed by atoms with van der Waals surface area (Å²) < 4.78 is 5.19. The van der Waals surface area contributed by atoms with E-state index in [2.05, 4.69) is 15.3 Å². The Bertz CT molecular complexity index is 652. The van der Waals surface area contributed by atoms with Gasteiger partial charge in [0.05, 0.1) is 24.0 Å². The van der Waals surface area contributed by atoms with Crippen LogP contribution in [0.5, 0.6) is 5.75 Å². The number of anilines is 1. The molecule has 0 saturated heterocycles. The summed E-state index contributed by atoms with van der Waals surface area (Å²) in [6, 6.07) is 7.13.